The Labute approximate surface area is 189 Å². The van der Waals surface area contributed by atoms with Crippen LogP contribution in [0.1, 0.15) is 50.5 Å². The lowest BCUT2D eigenvalue weighted by Gasteiger charge is -2.39. The lowest BCUT2D eigenvalue weighted by Crippen LogP contribution is -2.64. The molecule has 1 amide bonds. The molecule has 4 rings (SSSR count). The second-order valence-corrected chi connectivity index (χ2v) is 9.35. The Morgan fingerprint density at radius 3 is 2.81 bits per heavy atom. The van der Waals surface area contributed by atoms with Crippen LogP contribution >= 0.6 is 0 Å². The van der Waals surface area contributed by atoms with Crippen LogP contribution in [0.5, 0.6) is 5.75 Å². The summed E-state index contributed by atoms with van der Waals surface area (Å²) in [5, 5.41) is 15.7. The summed E-state index contributed by atoms with van der Waals surface area (Å²) in [6.45, 7) is 3.90. The molecule has 0 aromatic heterocycles. The topological polar surface area (TPSA) is 106 Å². The number of carbonyl (C=O) groups excluding carboxylic acids is 1. The van der Waals surface area contributed by atoms with Gasteiger partial charge in [-0.1, -0.05) is 18.2 Å². The van der Waals surface area contributed by atoms with Crippen LogP contribution in [-0.2, 0) is 19.1 Å². The van der Waals surface area contributed by atoms with Crippen LogP contribution in [-0.4, -0.2) is 67.6 Å². The molecular formula is C24H34N2O6. The fourth-order valence-electron chi connectivity index (χ4n) is 5.06. The third kappa shape index (κ3) is 5.24. The van der Waals surface area contributed by atoms with Gasteiger partial charge in [0, 0.05) is 0 Å². The summed E-state index contributed by atoms with van der Waals surface area (Å²) in [7, 11) is 0. The van der Waals surface area contributed by atoms with Crippen molar-refractivity contribution >= 4 is 11.9 Å². The summed E-state index contributed by atoms with van der Waals surface area (Å²) in [6.07, 6.45) is 4.99. The predicted molar refractivity (Wildman–Crippen MR) is 118 cm³/mol. The number of aliphatic carboxylic acids is 1. The van der Waals surface area contributed by atoms with E-state index in [2.05, 4.69) is 16.7 Å². The van der Waals surface area contributed by atoms with E-state index in [1.165, 1.54) is 0 Å². The Morgan fingerprint density at radius 1 is 1.28 bits per heavy atom. The van der Waals surface area contributed by atoms with Gasteiger partial charge in [0.1, 0.15) is 19.0 Å². The molecule has 2 saturated heterocycles. The van der Waals surface area contributed by atoms with Crippen molar-refractivity contribution in [2.45, 2.75) is 62.6 Å². The monoisotopic (exact) mass is 446 g/mol. The molecule has 1 saturated carbocycles. The lowest BCUT2D eigenvalue weighted by molar-refractivity contribution is -0.142. The molecule has 0 bridgehead atoms. The number of morpholine rings is 1. The molecule has 176 valence electrons. The van der Waals surface area contributed by atoms with Gasteiger partial charge < -0.3 is 30.0 Å². The average Bonchev–Trinajstić information content (AvgIpc) is 3.17. The smallest absolute Gasteiger partial charge is 0.309 e. The Morgan fingerprint density at radius 2 is 2.06 bits per heavy atom. The summed E-state index contributed by atoms with van der Waals surface area (Å²) < 4.78 is 17.7. The normalized spacial score (nSPS) is 31.3. The first-order valence-electron chi connectivity index (χ1n) is 11.6. The van der Waals surface area contributed by atoms with Crippen molar-refractivity contribution in [3.05, 3.63) is 29.8 Å². The van der Waals surface area contributed by atoms with E-state index in [-0.39, 0.29) is 36.8 Å². The molecule has 1 unspecified atom stereocenters. The number of amides is 1. The summed E-state index contributed by atoms with van der Waals surface area (Å²) in [6, 6.07) is 8.02. The molecule has 1 aromatic rings. The maximum absolute atomic E-state index is 11.8. The number of rotatable bonds is 8. The van der Waals surface area contributed by atoms with Crippen molar-refractivity contribution in [3.63, 3.8) is 0 Å². The molecule has 2 aliphatic heterocycles. The van der Waals surface area contributed by atoms with Crippen molar-refractivity contribution in [2.24, 2.45) is 5.92 Å². The number of carboxylic acids is 1. The van der Waals surface area contributed by atoms with Crippen molar-refractivity contribution < 1.29 is 28.9 Å². The van der Waals surface area contributed by atoms with Gasteiger partial charge >= 0.3 is 5.97 Å². The van der Waals surface area contributed by atoms with Crippen molar-refractivity contribution in [2.75, 3.05) is 33.0 Å². The van der Waals surface area contributed by atoms with E-state index in [0.29, 0.717) is 19.1 Å². The van der Waals surface area contributed by atoms with Gasteiger partial charge in [0.15, 0.2) is 0 Å². The molecule has 32 heavy (non-hydrogen) atoms. The highest BCUT2D eigenvalue weighted by atomic mass is 16.5. The number of ether oxygens (including phenoxy) is 3. The van der Waals surface area contributed by atoms with Crippen molar-refractivity contribution in [3.8, 4) is 5.75 Å². The largest absolute Gasteiger partial charge is 0.492 e. The molecule has 1 aromatic carbocycles. The zero-order valence-corrected chi connectivity index (χ0v) is 18.7. The Balaban J connectivity index is 1.28. The predicted octanol–water partition coefficient (Wildman–Crippen LogP) is 2.08. The Bertz CT molecular complexity index is 809. The van der Waals surface area contributed by atoms with Crippen LogP contribution in [0.15, 0.2) is 24.3 Å². The fraction of sp³-hybridized carbons (Fsp3) is 0.667. The van der Waals surface area contributed by atoms with E-state index in [1.807, 2.05) is 18.2 Å². The van der Waals surface area contributed by atoms with E-state index in [1.54, 1.807) is 6.92 Å². The van der Waals surface area contributed by atoms with Crippen LogP contribution in [0.3, 0.4) is 0 Å². The summed E-state index contributed by atoms with van der Waals surface area (Å²) >= 11 is 0. The minimum absolute atomic E-state index is 0.0518. The van der Waals surface area contributed by atoms with E-state index < -0.39 is 11.9 Å². The quantitative estimate of drug-likeness (QED) is 0.561. The van der Waals surface area contributed by atoms with E-state index in [0.717, 1.165) is 50.0 Å². The van der Waals surface area contributed by atoms with Gasteiger partial charge in [0.25, 0.3) is 0 Å². The van der Waals surface area contributed by atoms with Crippen LogP contribution in [0, 0.1) is 5.92 Å². The first-order chi connectivity index (χ1) is 15.5. The number of hydrogen-bond donors (Lipinski definition) is 3. The second kappa shape index (κ2) is 10.2. The fourth-order valence-corrected chi connectivity index (χ4v) is 5.06. The summed E-state index contributed by atoms with van der Waals surface area (Å²) in [4.78, 5) is 22.9. The molecule has 8 nitrogen and oxygen atoms in total. The highest BCUT2D eigenvalue weighted by Crippen LogP contribution is 2.38. The third-order valence-corrected chi connectivity index (χ3v) is 7.05. The van der Waals surface area contributed by atoms with Crippen LogP contribution in [0.4, 0.5) is 0 Å². The summed E-state index contributed by atoms with van der Waals surface area (Å²) in [5.41, 5.74) is 0.803. The van der Waals surface area contributed by atoms with Gasteiger partial charge in [-0.25, -0.2) is 0 Å². The molecule has 3 N–H and O–H groups in total. The van der Waals surface area contributed by atoms with Gasteiger partial charge in [-0.15, -0.1) is 0 Å². The molecule has 2 heterocycles. The first-order valence-corrected chi connectivity index (χ1v) is 11.6. The SMILES string of the molecule is CC(COc1ccccc1C1CCC(OC[C@@H]2NCC[C@@]23COCC(=O)N3)CC1)C(=O)O. The lowest BCUT2D eigenvalue weighted by atomic mass is 9.82. The maximum Gasteiger partial charge on any atom is 0.309 e. The Hall–Kier alpha value is -2.16. The van der Waals surface area contributed by atoms with Crippen LogP contribution < -0.4 is 15.4 Å². The molecule has 3 fully saturated rings. The first kappa shape index (κ1) is 23.0. The molecule has 8 heteroatoms. The highest BCUT2D eigenvalue weighted by molar-refractivity contribution is 5.79. The number of benzene rings is 1. The van der Waals surface area contributed by atoms with Crippen molar-refractivity contribution in [1.29, 1.82) is 0 Å². The molecule has 3 atom stereocenters. The third-order valence-electron chi connectivity index (χ3n) is 7.05. The number of hydrogen-bond acceptors (Lipinski definition) is 6. The molecule has 3 aliphatic rings. The standard InChI is InChI=1S/C24H34N2O6/c1-16(23(28)29)12-32-20-5-3-2-4-19(20)17-6-8-18(9-7-17)31-13-21-24(10-11-25-21)15-30-14-22(27)26-24/h2-5,16-18,21,25H,6-15H2,1H3,(H,26,27)(H,28,29)/t16?,17?,18?,21-,24+/m0/s1. The van der Waals surface area contributed by atoms with Gasteiger partial charge in [0.2, 0.25) is 5.91 Å². The highest BCUT2D eigenvalue weighted by Gasteiger charge is 2.46. The summed E-state index contributed by atoms with van der Waals surface area (Å²) in [5.74, 6) is -0.274. The van der Waals surface area contributed by atoms with Gasteiger partial charge in [-0.2, -0.15) is 0 Å². The van der Waals surface area contributed by atoms with Gasteiger partial charge in [0.05, 0.1) is 36.8 Å². The van der Waals surface area contributed by atoms with Gasteiger partial charge in [-0.05, 0) is 63.1 Å². The molecular weight excluding hydrogens is 412 g/mol. The maximum atomic E-state index is 11.8. The zero-order valence-electron chi connectivity index (χ0n) is 18.7. The van der Waals surface area contributed by atoms with Crippen molar-refractivity contribution in [1.82, 2.24) is 10.6 Å². The van der Waals surface area contributed by atoms with Gasteiger partial charge in [-0.3, -0.25) is 9.59 Å². The number of para-hydroxylation sites is 1. The second-order valence-electron chi connectivity index (χ2n) is 9.35. The van der Waals surface area contributed by atoms with E-state index in [4.69, 9.17) is 19.3 Å². The molecule has 0 radical (unpaired) electrons. The number of carboxylic acid groups (broad SMARTS) is 1. The minimum atomic E-state index is -0.849. The Kier molecular flexibility index (Phi) is 7.33. The minimum Gasteiger partial charge on any atom is -0.492 e. The zero-order chi connectivity index (χ0) is 22.6. The van der Waals surface area contributed by atoms with Crippen LogP contribution in [0.2, 0.25) is 0 Å². The average molecular weight is 447 g/mol. The van der Waals surface area contributed by atoms with E-state index in [9.17, 15) is 9.59 Å². The van der Waals surface area contributed by atoms with E-state index >= 15 is 0 Å². The van der Waals surface area contributed by atoms with Crippen LogP contribution in [0.25, 0.3) is 0 Å². The number of nitrogens with one attached hydrogen (secondary N) is 2. The molecule has 1 spiro atoms. The molecule has 1 aliphatic carbocycles. The number of carbonyl (C=O) groups is 2.